The van der Waals surface area contributed by atoms with Crippen molar-refractivity contribution in [2.75, 3.05) is 13.2 Å². The van der Waals surface area contributed by atoms with E-state index in [0.29, 0.717) is 6.04 Å². The lowest BCUT2D eigenvalue weighted by atomic mass is 10.0. The van der Waals surface area contributed by atoms with Crippen LogP contribution in [0.1, 0.15) is 29.2 Å². The van der Waals surface area contributed by atoms with Gasteiger partial charge in [-0.15, -0.1) is 0 Å². The second kappa shape index (κ2) is 12.7. The summed E-state index contributed by atoms with van der Waals surface area (Å²) in [6.07, 6.45) is -2.82. The van der Waals surface area contributed by atoms with Crippen molar-refractivity contribution in [2.45, 2.75) is 49.9 Å². The number of carbonyl (C=O) groups excluding carboxylic acids is 1. The fourth-order valence-electron chi connectivity index (χ4n) is 3.67. The van der Waals surface area contributed by atoms with Crippen LogP contribution in [0.15, 0.2) is 29.2 Å². The number of aliphatic carboxylic acids is 2. The highest BCUT2D eigenvalue weighted by Crippen LogP contribution is 2.30. The molecular formula is C20H23F6N5O7. The van der Waals surface area contributed by atoms with Crippen LogP contribution in [0.25, 0.3) is 0 Å². The molecule has 4 heterocycles. The number of hydrogen-bond donors (Lipinski definition) is 3. The zero-order valence-electron chi connectivity index (χ0n) is 19.6. The molecule has 2 fully saturated rings. The Morgan fingerprint density at radius 2 is 1.71 bits per heavy atom. The molecule has 0 radical (unpaired) electrons. The number of ether oxygens (including phenoxy) is 1. The second-order valence-corrected chi connectivity index (χ2v) is 7.99. The summed E-state index contributed by atoms with van der Waals surface area (Å²) in [4.78, 5) is 36.8. The van der Waals surface area contributed by atoms with E-state index in [9.17, 15) is 31.1 Å². The predicted molar refractivity (Wildman–Crippen MR) is 112 cm³/mol. The van der Waals surface area contributed by atoms with Crippen LogP contribution < -0.4 is 5.32 Å². The van der Waals surface area contributed by atoms with Crippen molar-refractivity contribution in [1.82, 2.24) is 24.9 Å². The number of nitrogens with zero attached hydrogens (tertiary/aromatic N) is 4. The number of hydrogen-bond acceptors (Lipinski definition) is 8. The Hall–Kier alpha value is -3.67. The predicted octanol–water partition coefficient (Wildman–Crippen LogP) is 1.84. The number of alkyl halides is 6. The lowest BCUT2D eigenvalue weighted by molar-refractivity contribution is -0.193. The maximum atomic E-state index is 12.3. The number of aromatic nitrogens is 3. The Morgan fingerprint density at radius 1 is 1.11 bits per heavy atom. The molecule has 18 heteroatoms. The molecule has 2 aromatic rings. The Morgan fingerprint density at radius 3 is 2.18 bits per heavy atom. The molecule has 2 aromatic heterocycles. The van der Waals surface area contributed by atoms with Gasteiger partial charge in [0.05, 0.1) is 24.9 Å². The fourth-order valence-corrected chi connectivity index (χ4v) is 3.67. The molecule has 0 bridgehead atoms. The van der Waals surface area contributed by atoms with Gasteiger partial charge in [-0.1, -0.05) is 5.16 Å². The van der Waals surface area contributed by atoms with Gasteiger partial charge >= 0.3 is 24.3 Å². The quantitative estimate of drug-likeness (QED) is 0.472. The summed E-state index contributed by atoms with van der Waals surface area (Å²) < 4.78 is 76.4. The topological polar surface area (TPSA) is 160 Å². The lowest BCUT2D eigenvalue weighted by Crippen LogP contribution is -2.47. The van der Waals surface area contributed by atoms with Crippen molar-refractivity contribution in [2.24, 2.45) is 7.05 Å². The molecule has 0 spiro atoms. The van der Waals surface area contributed by atoms with Crippen molar-refractivity contribution < 1.29 is 60.2 Å². The number of imidazole rings is 1. The Balaban J connectivity index is 0.000000301. The minimum atomic E-state index is -5.08. The third-order valence-electron chi connectivity index (χ3n) is 5.36. The fraction of sp³-hybridized carbons (Fsp3) is 0.550. The molecule has 212 valence electrons. The van der Waals surface area contributed by atoms with Gasteiger partial charge in [-0.3, -0.25) is 9.69 Å². The van der Waals surface area contributed by atoms with Crippen LogP contribution in [0.4, 0.5) is 26.3 Å². The van der Waals surface area contributed by atoms with Crippen LogP contribution in [0.5, 0.6) is 0 Å². The van der Waals surface area contributed by atoms with Gasteiger partial charge in [-0.2, -0.15) is 26.3 Å². The zero-order chi connectivity index (χ0) is 28.7. The van der Waals surface area contributed by atoms with Gasteiger partial charge in [0.15, 0.2) is 0 Å². The highest BCUT2D eigenvalue weighted by molar-refractivity contribution is 5.91. The molecule has 38 heavy (non-hydrogen) atoms. The Bertz CT molecular complexity index is 1050. The van der Waals surface area contributed by atoms with E-state index in [1.807, 2.05) is 24.0 Å². The number of likely N-dealkylation sites (tertiary alicyclic amines) is 1. The van der Waals surface area contributed by atoms with E-state index in [2.05, 4.69) is 20.4 Å². The minimum Gasteiger partial charge on any atom is -0.475 e. The number of fused-ring (bicyclic) bond motifs is 1. The summed E-state index contributed by atoms with van der Waals surface area (Å²) in [6.45, 7) is 2.23. The number of nitrogens with one attached hydrogen (secondary N) is 1. The van der Waals surface area contributed by atoms with Crippen molar-refractivity contribution in [3.05, 3.63) is 36.2 Å². The third kappa shape index (κ3) is 8.72. The van der Waals surface area contributed by atoms with E-state index in [1.54, 1.807) is 6.07 Å². The van der Waals surface area contributed by atoms with Gasteiger partial charge in [0.1, 0.15) is 5.82 Å². The molecule has 4 rings (SSSR count). The van der Waals surface area contributed by atoms with Crippen LogP contribution in [0.2, 0.25) is 0 Å². The maximum Gasteiger partial charge on any atom is 0.490 e. The molecule has 12 nitrogen and oxygen atoms in total. The first-order chi connectivity index (χ1) is 17.6. The van der Waals surface area contributed by atoms with Crippen LogP contribution in [-0.4, -0.2) is 91.4 Å². The molecule has 0 aliphatic carbocycles. The number of carboxylic acid groups (broad SMARTS) is 2. The van der Waals surface area contributed by atoms with E-state index >= 15 is 0 Å². The van der Waals surface area contributed by atoms with Crippen molar-refractivity contribution in [1.29, 1.82) is 0 Å². The van der Waals surface area contributed by atoms with Crippen molar-refractivity contribution in [3.8, 4) is 0 Å². The van der Waals surface area contributed by atoms with Gasteiger partial charge < -0.3 is 29.4 Å². The minimum absolute atomic E-state index is 0.00545. The first-order valence-electron chi connectivity index (χ1n) is 10.7. The molecular weight excluding hydrogens is 536 g/mol. The van der Waals surface area contributed by atoms with Crippen LogP contribution in [0, 0.1) is 0 Å². The van der Waals surface area contributed by atoms with Crippen molar-refractivity contribution >= 4 is 17.8 Å². The van der Waals surface area contributed by atoms with Crippen LogP contribution >= 0.6 is 0 Å². The molecule has 2 saturated heterocycles. The molecule has 0 unspecified atom stereocenters. The maximum absolute atomic E-state index is 12.3. The standard InChI is InChI=1S/C16H21N5O3.2C2HF3O2/c1-20-7-6-17-14(20)10-21-9-11(15-12(21)3-2-8-23-15)19-16(22)13-4-5-18-24-13;2*3-2(4,5)1(6)7/h4-7,11-12,15H,2-3,8-10H2,1H3,(H,19,22);2*(H,6,7)/t11-,12-,15-;;/m0../s1. The largest absolute Gasteiger partial charge is 0.490 e. The SMILES string of the molecule is Cn1ccnc1CN1C[C@H](NC(=O)c2ccno2)[C@@H]2OCCC[C@@H]21.O=C(O)C(F)(F)F.O=C(O)C(F)(F)F. The zero-order valence-corrected chi connectivity index (χ0v) is 19.6. The second-order valence-electron chi connectivity index (χ2n) is 7.99. The van der Waals surface area contributed by atoms with Crippen molar-refractivity contribution in [3.63, 3.8) is 0 Å². The van der Waals surface area contributed by atoms with E-state index in [0.717, 1.165) is 38.4 Å². The van der Waals surface area contributed by atoms with Crippen LogP contribution in [-0.2, 0) is 27.9 Å². The summed E-state index contributed by atoms with van der Waals surface area (Å²) in [6, 6.07) is 1.80. The number of carboxylic acids is 2. The molecule has 2 aliphatic heterocycles. The van der Waals surface area contributed by atoms with E-state index in [1.165, 1.54) is 6.20 Å². The molecule has 2 aliphatic rings. The molecule has 1 amide bonds. The highest BCUT2D eigenvalue weighted by Gasteiger charge is 2.45. The summed E-state index contributed by atoms with van der Waals surface area (Å²) in [5.41, 5.74) is 0. The monoisotopic (exact) mass is 559 g/mol. The summed E-state index contributed by atoms with van der Waals surface area (Å²) >= 11 is 0. The highest BCUT2D eigenvalue weighted by atomic mass is 19.4. The first-order valence-corrected chi connectivity index (χ1v) is 10.7. The van der Waals surface area contributed by atoms with Gasteiger partial charge in [-0.25, -0.2) is 14.6 Å². The van der Waals surface area contributed by atoms with E-state index < -0.39 is 24.3 Å². The molecule has 0 saturated carbocycles. The number of aryl methyl sites for hydroxylation is 1. The number of rotatable bonds is 4. The smallest absolute Gasteiger partial charge is 0.475 e. The molecule has 0 aromatic carbocycles. The van der Waals surface area contributed by atoms with Gasteiger partial charge in [0.25, 0.3) is 5.91 Å². The Kier molecular flexibility index (Phi) is 10.2. The number of amides is 1. The average Bonchev–Trinajstić information content (AvgIpc) is 3.56. The summed E-state index contributed by atoms with van der Waals surface area (Å²) in [5, 5.41) is 20.9. The Labute approximate surface area is 210 Å². The van der Waals surface area contributed by atoms with E-state index in [4.69, 9.17) is 29.1 Å². The van der Waals surface area contributed by atoms with Crippen LogP contribution in [0.3, 0.4) is 0 Å². The number of halogens is 6. The van der Waals surface area contributed by atoms with E-state index in [-0.39, 0.29) is 23.8 Å². The average molecular weight is 559 g/mol. The van der Waals surface area contributed by atoms with Gasteiger partial charge in [0.2, 0.25) is 5.76 Å². The number of carbonyl (C=O) groups is 3. The summed E-state index contributed by atoms with van der Waals surface area (Å²) in [7, 11) is 2.00. The van der Waals surface area contributed by atoms with Gasteiger partial charge in [0, 0.05) is 44.7 Å². The molecule has 3 atom stereocenters. The third-order valence-corrected chi connectivity index (χ3v) is 5.36. The first kappa shape index (κ1) is 30.6. The van der Waals surface area contributed by atoms with Gasteiger partial charge in [-0.05, 0) is 12.8 Å². The normalized spacial score (nSPS) is 21.3. The lowest BCUT2D eigenvalue weighted by Gasteiger charge is -2.32. The molecule has 3 N–H and O–H groups in total. The summed E-state index contributed by atoms with van der Waals surface area (Å²) in [5.74, 6) is -4.52.